The summed E-state index contributed by atoms with van der Waals surface area (Å²) >= 11 is 0. The number of carbonyl (C=O) groups is 3. The van der Waals surface area contributed by atoms with E-state index in [9.17, 15) is 14.4 Å². The number of carbonyl (C=O) groups excluding carboxylic acids is 3. The number of anilines is 2. The van der Waals surface area contributed by atoms with E-state index >= 15 is 0 Å². The van der Waals surface area contributed by atoms with Crippen molar-refractivity contribution in [1.29, 1.82) is 0 Å². The van der Waals surface area contributed by atoms with Crippen LogP contribution in [-0.2, 0) is 9.59 Å². The Kier molecular flexibility index (Phi) is 5.73. The van der Waals surface area contributed by atoms with Crippen LogP contribution in [0.15, 0.2) is 18.3 Å². The lowest BCUT2D eigenvalue weighted by Crippen LogP contribution is -2.49. The van der Waals surface area contributed by atoms with E-state index in [1.807, 2.05) is 13.8 Å². The Morgan fingerprint density at radius 2 is 2.00 bits per heavy atom. The summed E-state index contributed by atoms with van der Waals surface area (Å²) in [6.45, 7) is 3.78. The van der Waals surface area contributed by atoms with Gasteiger partial charge in [-0.2, -0.15) is 0 Å². The second-order valence-corrected chi connectivity index (χ2v) is 6.06. The Labute approximate surface area is 140 Å². The van der Waals surface area contributed by atoms with Gasteiger partial charge in [0.25, 0.3) is 0 Å². The van der Waals surface area contributed by atoms with Gasteiger partial charge in [-0.3, -0.25) is 9.59 Å². The van der Waals surface area contributed by atoms with E-state index in [-0.39, 0.29) is 23.7 Å². The topological polar surface area (TPSA) is 126 Å². The first kappa shape index (κ1) is 17.7. The van der Waals surface area contributed by atoms with Crippen molar-refractivity contribution in [2.45, 2.75) is 39.2 Å². The van der Waals surface area contributed by atoms with Gasteiger partial charge >= 0.3 is 6.03 Å². The van der Waals surface area contributed by atoms with Gasteiger partial charge in [0.2, 0.25) is 11.8 Å². The minimum absolute atomic E-state index is 0.0261. The molecule has 0 aromatic carbocycles. The highest BCUT2D eigenvalue weighted by molar-refractivity contribution is 5.97. The molecule has 8 nitrogen and oxygen atoms in total. The zero-order valence-electron chi connectivity index (χ0n) is 13.8. The Balaban J connectivity index is 1.96. The molecule has 0 aliphatic heterocycles. The molecule has 2 atom stereocenters. The molecule has 0 saturated heterocycles. The zero-order chi connectivity index (χ0) is 17.7. The maximum atomic E-state index is 12.3. The van der Waals surface area contributed by atoms with Crippen LogP contribution in [0.2, 0.25) is 0 Å². The predicted molar refractivity (Wildman–Crippen MR) is 90.2 cm³/mol. The fraction of sp³-hybridized carbons (Fsp3) is 0.500. The van der Waals surface area contributed by atoms with E-state index in [1.165, 1.54) is 6.20 Å². The third-order valence-corrected chi connectivity index (χ3v) is 4.02. The lowest BCUT2D eigenvalue weighted by molar-refractivity contribution is -0.119. The van der Waals surface area contributed by atoms with E-state index in [0.717, 1.165) is 12.8 Å². The van der Waals surface area contributed by atoms with Gasteiger partial charge in [-0.05, 0) is 30.9 Å². The van der Waals surface area contributed by atoms with Crippen molar-refractivity contribution in [1.82, 2.24) is 10.3 Å². The fourth-order valence-corrected chi connectivity index (χ4v) is 2.19. The molecule has 2 rings (SSSR count). The molecule has 0 unspecified atom stereocenters. The minimum Gasteiger partial charge on any atom is -0.352 e. The van der Waals surface area contributed by atoms with Crippen molar-refractivity contribution in [3.05, 3.63) is 18.3 Å². The fourth-order valence-electron chi connectivity index (χ4n) is 2.19. The Morgan fingerprint density at radius 3 is 2.50 bits per heavy atom. The molecule has 1 heterocycles. The summed E-state index contributed by atoms with van der Waals surface area (Å²) in [5.74, 6) is 0.0880. The number of amides is 4. The highest BCUT2D eigenvalue weighted by Crippen LogP contribution is 2.29. The van der Waals surface area contributed by atoms with Crippen LogP contribution in [0.4, 0.5) is 16.3 Å². The molecule has 0 bridgehead atoms. The molecule has 1 fully saturated rings. The van der Waals surface area contributed by atoms with Crippen LogP contribution in [0, 0.1) is 11.8 Å². The average molecular weight is 333 g/mol. The number of rotatable bonds is 7. The number of urea groups is 1. The summed E-state index contributed by atoms with van der Waals surface area (Å²) in [6, 6.07) is 1.80. The average Bonchev–Trinajstić information content (AvgIpc) is 3.38. The number of nitrogens with one attached hydrogen (secondary N) is 3. The maximum absolute atomic E-state index is 12.3. The normalized spacial score (nSPS) is 15.9. The van der Waals surface area contributed by atoms with Gasteiger partial charge in [0.05, 0.1) is 11.9 Å². The van der Waals surface area contributed by atoms with E-state index in [2.05, 4.69) is 20.9 Å². The van der Waals surface area contributed by atoms with Crippen molar-refractivity contribution >= 4 is 29.4 Å². The number of primary amides is 1. The van der Waals surface area contributed by atoms with E-state index in [0.29, 0.717) is 17.9 Å². The van der Waals surface area contributed by atoms with Crippen LogP contribution in [0.3, 0.4) is 0 Å². The minimum atomic E-state index is -0.744. The van der Waals surface area contributed by atoms with Gasteiger partial charge < -0.3 is 21.7 Å². The Hall–Kier alpha value is -2.64. The van der Waals surface area contributed by atoms with Gasteiger partial charge in [-0.1, -0.05) is 20.3 Å². The SMILES string of the molecule is CC[C@@H](C)[C@H](NC(N)=O)C(=O)Nc1ccc(NC(=O)C2CC2)nc1. The van der Waals surface area contributed by atoms with Crippen LogP contribution in [0.25, 0.3) is 0 Å². The monoisotopic (exact) mass is 333 g/mol. The van der Waals surface area contributed by atoms with Crippen LogP contribution in [0.5, 0.6) is 0 Å². The molecule has 0 radical (unpaired) electrons. The molecule has 8 heteroatoms. The van der Waals surface area contributed by atoms with E-state index in [4.69, 9.17) is 5.73 Å². The van der Waals surface area contributed by atoms with E-state index < -0.39 is 12.1 Å². The number of pyridine rings is 1. The van der Waals surface area contributed by atoms with Crippen LogP contribution >= 0.6 is 0 Å². The van der Waals surface area contributed by atoms with Gasteiger partial charge in [0.1, 0.15) is 11.9 Å². The molecule has 24 heavy (non-hydrogen) atoms. The number of aromatic nitrogens is 1. The first-order chi connectivity index (χ1) is 11.4. The Bertz CT molecular complexity index is 613. The van der Waals surface area contributed by atoms with Crippen molar-refractivity contribution in [3.8, 4) is 0 Å². The van der Waals surface area contributed by atoms with E-state index in [1.54, 1.807) is 12.1 Å². The van der Waals surface area contributed by atoms with Crippen molar-refractivity contribution in [3.63, 3.8) is 0 Å². The third kappa shape index (κ3) is 4.94. The van der Waals surface area contributed by atoms with Crippen molar-refractivity contribution in [2.75, 3.05) is 10.6 Å². The molecule has 1 saturated carbocycles. The third-order valence-electron chi connectivity index (χ3n) is 4.02. The molecule has 1 aromatic heterocycles. The van der Waals surface area contributed by atoms with Gasteiger partial charge in [0.15, 0.2) is 0 Å². The summed E-state index contributed by atoms with van der Waals surface area (Å²) in [7, 11) is 0. The standard InChI is InChI=1S/C16H23N5O3/c1-3-9(2)13(21-16(17)24)15(23)19-11-6-7-12(18-8-11)20-14(22)10-4-5-10/h6-10,13H,3-5H2,1-2H3,(H,19,23)(H3,17,21,24)(H,18,20,22)/t9-,13+/m1/s1. The molecule has 4 amide bonds. The largest absolute Gasteiger partial charge is 0.352 e. The second kappa shape index (κ2) is 7.76. The zero-order valence-corrected chi connectivity index (χ0v) is 13.8. The molecule has 1 aliphatic carbocycles. The summed E-state index contributed by atoms with van der Waals surface area (Å²) in [5, 5.41) is 7.88. The smallest absolute Gasteiger partial charge is 0.312 e. The van der Waals surface area contributed by atoms with Gasteiger partial charge in [-0.25, -0.2) is 9.78 Å². The number of nitrogens with zero attached hydrogens (tertiary/aromatic N) is 1. The maximum Gasteiger partial charge on any atom is 0.312 e. The van der Waals surface area contributed by atoms with Gasteiger partial charge in [-0.15, -0.1) is 0 Å². The summed E-state index contributed by atoms with van der Waals surface area (Å²) in [6.07, 6.45) is 4.01. The number of hydrogen-bond donors (Lipinski definition) is 4. The van der Waals surface area contributed by atoms with Crippen molar-refractivity contribution in [2.24, 2.45) is 17.6 Å². The predicted octanol–water partition coefficient (Wildman–Crippen LogP) is 1.45. The lowest BCUT2D eigenvalue weighted by atomic mass is 9.98. The quantitative estimate of drug-likeness (QED) is 0.602. The molecule has 5 N–H and O–H groups in total. The molecular formula is C16H23N5O3. The second-order valence-electron chi connectivity index (χ2n) is 6.06. The van der Waals surface area contributed by atoms with Crippen LogP contribution in [0.1, 0.15) is 33.1 Å². The summed E-state index contributed by atoms with van der Waals surface area (Å²) < 4.78 is 0. The molecule has 0 spiro atoms. The Morgan fingerprint density at radius 1 is 1.29 bits per heavy atom. The highest BCUT2D eigenvalue weighted by Gasteiger charge is 2.29. The highest BCUT2D eigenvalue weighted by atomic mass is 16.2. The molecule has 130 valence electrons. The summed E-state index contributed by atoms with van der Waals surface area (Å²) in [5.41, 5.74) is 5.61. The lowest BCUT2D eigenvalue weighted by Gasteiger charge is -2.22. The van der Waals surface area contributed by atoms with Gasteiger partial charge in [0, 0.05) is 5.92 Å². The first-order valence-corrected chi connectivity index (χ1v) is 8.04. The summed E-state index contributed by atoms with van der Waals surface area (Å²) in [4.78, 5) is 39.2. The first-order valence-electron chi connectivity index (χ1n) is 8.04. The number of hydrogen-bond acceptors (Lipinski definition) is 4. The number of nitrogens with two attached hydrogens (primary N) is 1. The molecule has 1 aromatic rings. The van der Waals surface area contributed by atoms with Crippen molar-refractivity contribution < 1.29 is 14.4 Å². The van der Waals surface area contributed by atoms with Crippen LogP contribution < -0.4 is 21.7 Å². The molecular weight excluding hydrogens is 310 g/mol. The molecule has 1 aliphatic rings. The van der Waals surface area contributed by atoms with Crippen LogP contribution in [-0.4, -0.2) is 28.9 Å².